The summed E-state index contributed by atoms with van der Waals surface area (Å²) in [5.41, 5.74) is 2.81. The van der Waals surface area contributed by atoms with Crippen LogP contribution < -0.4 is 20.1 Å². The largest absolute Gasteiger partial charge is 0.493 e. The standard InChI is InChI=1S/C23H25ClN4O3.ClH/c1-30-20-8-7-16(13-21(20)31-2)27-23(29)17-14-26-28(19-6-4-3-5-18(19)24)22(17)15-9-11-25-12-10-15;/h3-8,13-15,25H,9-12H2,1-2H3,(H,27,29);1H. The van der Waals surface area contributed by atoms with Crippen molar-refractivity contribution in [2.45, 2.75) is 18.8 Å². The van der Waals surface area contributed by atoms with Crippen LogP contribution in [0.15, 0.2) is 48.7 Å². The van der Waals surface area contributed by atoms with Crippen molar-refractivity contribution in [2.75, 3.05) is 32.6 Å². The first-order chi connectivity index (χ1) is 15.1. The number of hydrogen-bond acceptors (Lipinski definition) is 5. The number of carbonyl (C=O) groups is 1. The first-order valence-electron chi connectivity index (χ1n) is 10.2. The molecule has 0 spiro atoms. The van der Waals surface area contributed by atoms with E-state index in [0.717, 1.165) is 37.3 Å². The van der Waals surface area contributed by atoms with Crippen molar-refractivity contribution in [1.82, 2.24) is 15.1 Å². The van der Waals surface area contributed by atoms with Gasteiger partial charge in [0, 0.05) is 17.7 Å². The van der Waals surface area contributed by atoms with Gasteiger partial charge in [-0.2, -0.15) is 5.10 Å². The number of ether oxygens (including phenoxy) is 2. The summed E-state index contributed by atoms with van der Waals surface area (Å²) in [7, 11) is 3.14. The molecular formula is C23H26Cl2N4O3. The Bertz CT molecular complexity index is 1080. The van der Waals surface area contributed by atoms with E-state index in [0.29, 0.717) is 27.8 Å². The molecule has 0 bridgehead atoms. The molecule has 2 heterocycles. The fraction of sp³-hybridized carbons (Fsp3) is 0.304. The molecule has 7 nitrogen and oxygen atoms in total. The lowest BCUT2D eigenvalue weighted by atomic mass is 9.91. The van der Waals surface area contributed by atoms with Crippen LogP contribution >= 0.6 is 24.0 Å². The molecule has 1 amide bonds. The molecule has 9 heteroatoms. The molecule has 4 rings (SSSR count). The third-order valence-corrected chi connectivity index (χ3v) is 5.82. The van der Waals surface area contributed by atoms with Crippen LogP contribution in [-0.2, 0) is 0 Å². The molecule has 0 unspecified atom stereocenters. The molecule has 1 aliphatic rings. The lowest BCUT2D eigenvalue weighted by Crippen LogP contribution is -2.29. The van der Waals surface area contributed by atoms with Crippen LogP contribution in [0.4, 0.5) is 5.69 Å². The number of amides is 1. The first-order valence-corrected chi connectivity index (χ1v) is 10.6. The minimum absolute atomic E-state index is 0. The smallest absolute Gasteiger partial charge is 0.259 e. The van der Waals surface area contributed by atoms with Crippen molar-refractivity contribution >= 4 is 35.6 Å². The van der Waals surface area contributed by atoms with Crippen molar-refractivity contribution < 1.29 is 14.3 Å². The fourth-order valence-electron chi connectivity index (χ4n) is 3.95. The van der Waals surface area contributed by atoms with Gasteiger partial charge in [-0.15, -0.1) is 12.4 Å². The third kappa shape index (κ3) is 4.85. The monoisotopic (exact) mass is 476 g/mol. The van der Waals surface area contributed by atoms with Crippen LogP contribution in [0.1, 0.15) is 34.8 Å². The fourth-order valence-corrected chi connectivity index (χ4v) is 4.16. The zero-order valence-corrected chi connectivity index (χ0v) is 19.5. The second kappa shape index (κ2) is 10.7. The normalized spacial score (nSPS) is 13.8. The molecule has 32 heavy (non-hydrogen) atoms. The quantitative estimate of drug-likeness (QED) is 0.539. The highest BCUT2D eigenvalue weighted by Gasteiger charge is 2.27. The molecular weight excluding hydrogens is 451 g/mol. The second-order valence-electron chi connectivity index (χ2n) is 7.35. The number of nitrogens with zero attached hydrogens (tertiary/aromatic N) is 2. The van der Waals surface area contributed by atoms with Crippen molar-refractivity contribution in [3.05, 3.63) is 64.9 Å². The van der Waals surface area contributed by atoms with Gasteiger partial charge in [0.2, 0.25) is 0 Å². The number of carbonyl (C=O) groups excluding carboxylic acids is 1. The highest BCUT2D eigenvalue weighted by Crippen LogP contribution is 2.33. The SMILES string of the molecule is COc1ccc(NC(=O)c2cnn(-c3ccccc3Cl)c2C2CCNCC2)cc1OC.Cl. The molecule has 0 aliphatic carbocycles. The van der Waals surface area contributed by atoms with E-state index in [-0.39, 0.29) is 24.2 Å². The van der Waals surface area contributed by atoms with E-state index in [4.69, 9.17) is 21.1 Å². The van der Waals surface area contributed by atoms with Gasteiger partial charge in [-0.3, -0.25) is 4.79 Å². The summed E-state index contributed by atoms with van der Waals surface area (Å²) in [5, 5.41) is 11.5. The van der Waals surface area contributed by atoms with Crippen LogP contribution in [0.5, 0.6) is 11.5 Å². The number of rotatable bonds is 6. The number of methoxy groups -OCH3 is 2. The van der Waals surface area contributed by atoms with E-state index < -0.39 is 0 Å². The number of nitrogens with one attached hydrogen (secondary N) is 2. The molecule has 1 fully saturated rings. The van der Waals surface area contributed by atoms with Crippen molar-refractivity contribution in [1.29, 1.82) is 0 Å². The zero-order chi connectivity index (χ0) is 21.8. The van der Waals surface area contributed by atoms with E-state index in [1.165, 1.54) is 0 Å². The maximum absolute atomic E-state index is 13.3. The van der Waals surface area contributed by atoms with Gasteiger partial charge in [-0.05, 0) is 50.2 Å². The zero-order valence-electron chi connectivity index (χ0n) is 17.9. The van der Waals surface area contributed by atoms with Gasteiger partial charge >= 0.3 is 0 Å². The molecule has 0 radical (unpaired) electrons. The van der Waals surface area contributed by atoms with Gasteiger partial charge in [0.05, 0.1) is 42.4 Å². The summed E-state index contributed by atoms with van der Waals surface area (Å²) in [4.78, 5) is 13.3. The Hall–Kier alpha value is -2.74. The average molecular weight is 477 g/mol. The summed E-state index contributed by atoms with van der Waals surface area (Å²) in [6, 6.07) is 12.8. The van der Waals surface area contributed by atoms with Gasteiger partial charge < -0.3 is 20.1 Å². The van der Waals surface area contributed by atoms with Crippen LogP contribution in [-0.4, -0.2) is 43.0 Å². The van der Waals surface area contributed by atoms with Crippen LogP contribution in [0.25, 0.3) is 5.69 Å². The molecule has 0 saturated carbocycles. The lowest BCUT2D eigenvalue weighted by molar-refractivity contribution is 0.102. The Kier molecular flexibility index (Phi) is 8.01. The highest BCUT2D eigenvalue weighted by atomic mass is 35.5. The molecule has 170 valence electrons. The van der Waals surface area contributed by atoms with E-state index in [2.05, 4.69) is 15.7 Å². The Balaban J connectivity index is 0.00000289. The number of hydrogen-bond donors (Lipinski definition) is 2. The Morgan fingerprint density at radius 1 is 1.12 bits per heavy atom. The Labute approximate surface area is 198 Å². The summed E-state index contributed by atoms with van der Waals surface area (Å²) >= 11 is 6.45. The predicted octanol–water partition coefficient (Wildman–Crippen LogP) is 4.68. The van der Waals surface area contributed by atoms with Crippen molar-refractivity contribution in [2.24, 2.45) is 0 Å². The Morgan fingerprint density at radius 3 is 2.53 bits per heavy atom. The molecule has 1 aromatic heterocycles. The van der Waals surface area contributed by atoms with Gasteiger partial charge in [-0.25, -0.2) is 4.68 Å². The molecule has 0 atom stereocenters. The van der Waals surface area contributed by atoms with Crippen molar-refractivity contribution in [3.8, 4) is 17.2 Å². The van der Waals surface area contributed by atoms with Crippen LogP contribution in [0.3, 0.4) is 0 Å². The summed E-state index contributed by atoms with van der Waals surface area (Å²) in [5.74, 6) is 1.12. The van der Waals surface area contributed by atoms with E-state index in [1.807, 2.05) is 28.9 Å². The molecule has 3 aromatic rings. The number of halogens is 2. The molecule has 2 aromatic carbocycles. The van der Waals surface area contributed by atoms with Gasteiger partial charge in [0.1, 0.15) is 0 Å². The van der Waals surface area contributed by atoms with Crippen molar-refractivity contribution in [3.63, 3.8) is 0 Å². The summed E-state index contributed by atoms with van der Waals surface area (Å²) in [6.07, 6.45) is 3.47. The van der Waals surface area contributed by atoms with Crippen LogP contribution in [0, 0.1) is 0 Å². The Morgan fingerprint density at radius 2 is 1.84 bits per heavy atom. The minimum atomic E-state index is -0.223. The second-order valence-corrected chi connectivity index (χ2v) is 7.76. The van der Waals surface area contributed by atoms with Gasteiger partial charge in [0.15, 0.2) is 11.5 Å². The molecule has 1 saturated heterocycles. The van der Waals surface area contributed by atoms with E-state index in [9.17, 15) is 4.79 Å². The summed E-state index contributed by atoms with van der Waals surface area (Å²) < 4.78 is 12.4. The first kappa shape index (κ1) is 23.9. The third-order valence-electron chi connectivity index (χ3n) is 5.50. The topological polar surface area (TPSA) is 77.4 Å². The number of para-hydroxylation sites is 1. The highest BCUT2D eigenvalue weighted by molar-refractivity contribution is 6.32. The van der Waals surface area contributed by atoms with Gasteiger partial charge in [-0.1, -0.05) is 23.7 Å². The molecule has 1 aliphatic heterocycles. The van der Waals surface area contributed by atoms with E-state index >= 15 is 0 Å². The maximum atomic E-state index is 13.3. The number of anilines is 1. The average Bonchev–Trinajstić information content (AvgIpc) is 3.25. The number of piperidine rings is 1. The van der Waals surface area contributed by atoms with Crippen LogP contribution in [0.2, 0.25) is 5.02 Å². The lowest BCUT2D eigenvalue weighted by Gasteiger charge is -2.25. The van der Waals surface area contributed by atoms with Gasteiger partial charge in [0.25, 0.3) is 5.91 Å². The predicted molar refractivity (Wildman–Crippen MR) is 128 cm³/mol. The number of aromatic nitrogens is 2. The number of benzene rings is 2. The summed E-state index contributed by atoms with van der Waals surface area (Å²) in [6.45, 7) is 1.80. The van der Waals surface area contributed by atoms with E-state index in [1.54, 1.807) is 38.6 Å². The minimum Gasteiger partial charge on any atom is -0.493 e. The molecule has 2 N–H and O–H groups in total. The maximum Gasteiger partial charge on any atom is 0.259 e.